The van der Waals surface area contributed by atoms with E-state index in [0.717, 1.165) is 24.9 Å². The summed E-state index contributed by atoms with van der Waals surface area (Å²) in [7, 11) is 0. The molecule has 2 unspecified atom stereocenters. The highest BCUT2D eigenvalue weighted by Crippen LogP contribution is 2.28. The highest BCUT2D eigenvalue weighted by Gasteiger charge is 2.20. The summed E-state index contributed by atoms with van der Waals surface area (Å²) in [5, 5.41) is 11.5. The zero-order valence-corrected chi connectivity index (χ0v) is 11.7. The van der Waals surface area contributed by atoms with E-state index >= 15 is 0 Å². The number of aromatic nitrogens is 3. The van der Waals surface area contributed by atoms with Gasteiger partial charge in [0.2, 0.25) is 0 Å². The Morgan fingerprint density at radius 2 is 2.17 bits per heavy atom. The molecule has 1 saturated carbocycles. The molecule has 4 heteroatoms. The first-order chi connectivity index (χ1) is 8.75. The maximum atomic E-state index is 3.98. The van der Waals surface area contributed by atoms with Gasteiger partial charge in [0.25, 0.3) is 0 Å². The number of hydrogen-bond acceptors (Lipinski definition) is 3. The maximum Gasteiger partial charge on any atom is 0.0692 e. The van der Waals surface area contributed by atoms with Crippen molar-refractivity contribution < 1.29 is 0 Å². The van der Waals surface area contributed by atoms with E-state index in [2.05, 4.69) is 29.5 Å². The molecule has 1 aromatic heterocycles. The molecule has 102 valence electrons. The van der Waals surface area contributed by atoms with E-state index in [-0.39, 0.29) is 0 Å². The largest absolute Gasteiger partial charge is 0.312 e. The highest BCUT2D eigenvalue weighted by molar-refractivity contribution is 4.76. The molecule has 2 atom stereocenters. The Balaban J connectivity index is 1.67. The summed E-state index contributed by atoms with van der Waals surface area (Å²) in [6, 6.07) is 0.706. The second-order valence-corrected chi connectivity index (χ2v) is 5.83. The van der Waals surface area contributed by atoms with Gasteiger partial charge < -0.3 is 5.32 Å². The second kappa shape index (κ2) is 6.88. The average molecular weight is 250 g/mol. The van der Waals surface area contributed by atoms with Crippen LogP contribution in [-0.4, -0.2) is 27.6 Å². The molecule has 1 heterocycles. The van der Waals surface area contributed by atoms with Gasteiger partial charge in [0.05, 0.1) is 12.7 Å². The van der Waals surface area contributed by atoms with Gasteiger partial charge in [0.15, 0.2) is 0 Å². The molecule has 2 rings (SSSR count). The normalized spacial score (nSPS) is 25.3. The van der Waals surface area contributed by atoms with E-state index < -0.39 is 0 Å². The molecule has 1 N–H and O–H groups in total. The minimum absolute atomic E-state index is 0.706. The Morgan fingerprint density at radius 1 is 1.28 bits per heavy atom. The third-order valence-corrected chi connectivity index (χ3v) is 4.20. The highest BCUT2D eigenvalue weighted by atomic mass is 15.4. The predicted octanol–water partition coefficient (Wildman–Crippen LogP) is 2.47. The second-order valence-electron chi connectivity index (χ2n) is 5.83. The van der Waals surface area contributed by atoms with Gasteiger partial charge in [0.1, 0.15) is 0 Å². The van der Waals surface area contributed by atoms with Gasteiger partial charge in [-0.15, -0.1) is 5.10 Å². The summed E-state index contributed by atoms with van der Waals surface area (Å²) in [6.07, 6.45) is 10.5. The van der Waals surface area contributed by atoms with Crippen LogP contribution in [0.3, 0.4) is 0 Å². The van der Waals surface area contributed by atoms with Crippen LogP contribution in [0.5, 0.6) is 0 Å². The van der Waals surface area contributed by atoms with Gasteiger partial charge in [0, 0.05) is 18.8 Å². The SMILES string of the molecule is CC(C)C1CCCC(NCCn2ccnn2)CC1. The molecule has 0 bridgehead atoms. The zero-order valence-electron chi connectivity index (χ0n) is 11.7. The molecular weight excluding hydrogens is 224 g/mol. The lowest BCUT2D eigenvalue weighted by Crippen LogP contribution is -2.31. The molecule has 0 aliphatic heterocycles. The van der Waals surface area contributed by atoms with Crippen LogP contribution < -0.4 is 5.32 Å². The molecule has 1 fully saturated rings. The summed E-state index contributed by atoms with van der Waals surface area (Å²) < 4.78 is 1.89. The Morgan fingerprint density at radius 3 is 2.89 bits per heavy atom. The van der Waals surface area contributed by atoms with Crippen LogP contribution in [0, 0.1) is 11.8 Å². The molecule has 0 aromatic carbocycles. The Labute approximate surface area is 110 Å². The molecule has 1 aliphatic rings. The van der Waals surface area contributed by atoms with E-state index in [4.69, 9.17) is 0 Å². The topological polar surface area (TPSA) is 42.7 Å². The molecule has 0 saturated heterocycles. The van der Waals surface area contributed by atoms with E-state index in [0.29, 0.717) is 6.04 Å². The van der Waals surface area contributed by atoms with Crippen molar-refractivity contribution in [3.8, 4) is 0 Å². The standard InChI is InChI=1S/C14H26N4/c1-12(2)13-4-3-5-14(7-6-13)15-8-10-18-11-9-16-17-18/h9,11-15H,3-8,10H2,1-2H3. The lowest BCUT2D eigenvalue weighted by Gasteiger charge is -2.19. The Bertz CT molecular complexity index is 321. The molecule has 1 aromatic rings. The first-order valence-electron chi connectivity index (χ1n) is 7.33. The van der Waals surface area contributed by atoms with Crippen molar-refractivity contribution in [2.24, 2.45) is 11.8 Å². The molecule has 0 radical (unpaired) electrons. The first-order valence-corrected chi connectivity index (χ1v) is 7.33. The smallest absolute Gasteiger partial charge is 0.0692 e. The summed E-state index contributed by atoms with van der Waals surface area (Å²) in [4.78, 5) is 0. The lowest BCUT2D eigenvalue weighted by atomic mass is 9.89. The zero-order chi connectivity index (χ0) is 12.8. The van der Waals surface area contributed by atoms with E-state index in [1.165, 1.54) is 32.1 Å². The van der Waals surface area contributed by atoms with Crippen molar-refractivity contribution in [2.75, 3.05) is 6.54 Å². The average Bonchev–Trinajstić information content (AvgIpc) is 2.73. The predicted molar refractivity (Wildman–Crippen MR) is 73.2 cm³/mol. The van der Waals surface area contributed by atoms with Crippen LogP contribution in [0.15, 0.2) is 12.4 Å². The number of hydrogen-bond donors (Lipinski definition) is 1. The van der Waals surface area contributed by atoms with Crippen molar-refractivity contribution in [1.82, 2.24) is 20.3 Å². The molecule has 0 amide bonds. The summed E-state index contributed by atoms with van der Waals surface area (Å²) in [5.74, 6) is 1.78. The van der Waals surface area contributed by atoms with Gasteiger partial charge >= 0.3 is 0 Å². The van der Waals surface area contributed by atoms with Crippen molar-refractivity contribution in [3.63, 3.8) is 0 Å². The monoisotopic (exact) mass is 250 g/mol. The fourth-order valence-electron chi connectivity index (χ4n) is 2.94. The number of nitrogens with zero attached hydrogens (tertiary/aromatic N) is 3. The fraction of sp³-hybridized carbons (Fsp3) is 0.857. The molecule has 4 nitrogen and oxygen atoms in total. The van der Waals surface area contributed by atoms with Crippen LogP contribution in [0.1, 0.15) is 46.0 Å². The van der Waals surface area contributed by atoms with Crippen LogP contribution >= 0.6 is 0 Å². The number of rotatable bonds is 5. The lowest BCUT2D eigenvalue weighted by molar-refractivity contribution is 0.337. The van der Waals surface area contributed by atoms with Crippen LogP contribution in [0.2, 0.25) is 0 Å². The van der Waals surface area contributed by atoms with Crippen molar-refractivity contribution >= 4 is 0 Å². The third-order valence-electron chi connectivity index (χ3n) is 4.20. The molecular formula is C14H26N4. The van der Waals surface area contributed by atoms with Gasteiger partial charge in [-0.1, -0.05) is 31.9 Å². The molecule has 0 spiro atoms. The Hall–Kier alpha value is -0.900. The van der Waals surface area contributed by atoms with Crippen molar-refractivity contribution in [2.45, 2.75) is 58.5 Å². The summed E-state index contributed by atoms with van der Waals surface area (Å²) >= 11 is 0. The Kier molecular flexibility index (Phi) is 5.17. The van der Waals surface area contributed by atoms with E-state index in [1.54, 1.807) is 6.20 Å². The fourth-order valence-corrected chi connectivity index (χ4v) is 2.94. The minimum Gasteiger partial charge on any atom is -0.312 e. The maximum absolute atomic E-state index is 3.98. The van der Waals surface area contributed by atoms with Crippen LogP contribution in [-0.2, 0) is 6.54 Å². The third kappa shape index (κ3) is 4.09. The van der Waals surface area contributed by atoms with Gasteiger partial charge in [-0.3, -0.25) is 4.68 Å². The van der Waals surface area contributed by atoms with Crippen LogP contribution in [0.25, 0.3) is 0 Å². The minimum atomic E-state index is 0.706. The van der Waals surface area contributed by atoms with Crippen molar-refractivity contribution in [1.29, 1.82) is 0 Å². The first kappa shape index (κ1) is 13.5. The van der Waals surface area contributed by atoms with Crippen LogP contribution in [0.4, 0.5) is 0 Å². The van der Waals surface area contributed by atoms with Crippen molar-refractivity contribution in [3.05, 3.63) is 12.4 Å². The van der Waals surface area contributed by atoms with E-state index in [1.807, 2.05) is 10.9 Å². The molecule has 18 heavy (non-hydrogen) atoms. The van der Waals surface area contributed by atoms with E-state index in [9.17, 15) is 0 Å². The van der Waals surface area contributed by atoms with Gasteiger partial charge in [-0.25, -0.2) is 0 Å². The quantitative estimate of drug-likeness (QED) is 0.816. The summed E-state index contributed by atoms with van der Waals surface area (Å²) in [5.41, 5.74) is 0. The number of nitrogens with one attached hydrogen (secondary N) is 1. The van der Waals surface area contributed by atoms with Gasteiger partial charge in [-0.05, 0) is 31.1 Å². The molecule has 1 aliphatic carbocycles. The van der Waals surface area contributed by atoms with Gasteiger partial charge in [-0.2, -0.15) is 0 Å². The summed E-state index contributed by atoms with van der Waals surface area (Å²) in [6.45, 7) is 6.65.